The van der Waals surface area contributed by atoms with Gasteiger partial charge in [0.15, 0.2) is 18.1 Å². The molecule has 0 radical (unpaired) electrons. The lowest BCUT2D eigenvalue weighted by atomic mass is 10.1. The molecule has 4 N–H and O–H groups in total. The van der Waals surface area contributed by atoms with Crippen molar-refractivity contribution in [2.45, 2.75) is 19.6 Å². The number of fused-ring (bicyclic) bond motifs is 1. The fraction of sp³-hybridized carbons (Fsp3) is 0.263. The van der Waals surface area contributed by atoms with Crippen LogP contribution in [0.3, 0.4) is 0 Å². The van der Waals surface area contributed by atoms with Crippen LogP contribution in [-0.2, 0) is 24.4 Å². The molecule has 0 unspecified atom stereocenters. The molecule has 3 rings (SSSR count). The van der Waals surface area contributed by atoms with Crippen LogP contribution in [0.2, 0.25) is 0 Å². The van der Waals surface area contributed by atoms with Gasteiger partial charge in [-0.05, 0) is 34.9 Å². The Balaban J connectivity index is 1.64. The van der Waals surface area contributed by atoms with E-state index in [4.69, 9.17) is 15.2 Å². The van der Waals surface area contributed by atoms with Crippen LogP contribution in [0.25, 0.3) is 0 Å². The largest absolute Gasteiger partial charge is 0.493 e. The van der Waals surface area contributed by atoms with Gasteiger partial charge in [-0.1, -0.05) is 18.2 Å². The van der Waals surface area contributed by atoms with Gasteiger partial charge < -0.3 is 25.8 Å². The summed E-state index contributed by atoms with van der Waals surface area (Å²) in [4.78, 5) is 23.2. The molecule has 0 saturated carbocycles. The minimum Gasteiger partial charge on any atom is -0.493 e. The summed E-state index contributed by atoms with van der Waals surface area (Å²) in [6.07, 6.45) is 0. The Hall–Kier alpha value is -3.06. The molecule has 1 aliphatic rings. The SMILES string of the molecule is COc1cc(C(=O)NCc2ccc3c(c2)CNC3)ccc1OCC(N)=O. The van der Waals surface area contributed by atoms with Crippen LogP contribution in [0, 0.1) is 0 Å². The van der Waals surface area contributed by atoms with Crippen LogP contribution in [0.1, 0.15) is 27.0 Å². The zero-order valence-corrected chi connectivity index (χ0v) is 14.5. The van der Waals surface area contributed by atoms with Gasteiger partial charge in [0.25, 0.3) is 11.8 Å². The molecule has 26 heavy (non-hydrogen) atoms. The monoisotopic (exact) mass is 355 g/mol. The van der Waals surface area contributed by atoms with Crippen molar-refractivity contribution < 1.29 is 19.1 Å². The first-order chi connectivity index (χ1) is 12.6. The van der Waals surface area contributed by atoms with E-state index in [1.165, 1.54) is 18.2 Å². The highest BCUT2D eigenvalue weighted by atomic mass is 16.5. The number of benzene rings is 2. The lowest BCUT2D eigenvalue weighted by molar-refractivity contribution is -0.119. The van der Waals surface area contributed by atoms with Gasteiger partial charge in [0.2, 0.25) is 0 Å². The van der Waals surface area contributed by atoms with E-state index in [9.17, 15) is 9.59 Å². The molecule has 2 amide bonds. The molecule has 0 saturated heterocycles. The van der Waals surface area contributed by atoms with E-state index in [1.807, 2.05) is 6.07 Å². The standard InChI is InChI=1S/C19H21N3O4/c1-25-17-7-13(4-5-16(17)26-11-18(20)23)19(24)22-8-12-2-3-14-9-21-10-15(14)6-12/h2-7,21H,8-11H2,1H3,(H2,20,23)(H,22,24). The van der Waals surface area contributed by atoms with Crippen molar-refractivity contribution in [2.75, 3.05) is 13.7 Å². The topological polar surface area (TPSA) is 103 Å². The molecule has 0 bridgehead atoms. The third kappa shape index (κ3) is 4.12. The van der Waals surface area contributed by atoms with Gasteiger partial charge in [0.1, 0.15) is 0 Å². The molecule has 1 aliphatic heterocycles. The van der Waals surface area contributed by atoms with E-state index >= 15 is 0 Å². The molecule has 7 nitrogen and oxygen atoms in total. The molecule has 0 aliphatic carbocycles. The fourth-order valence-corrected chi connectivity index (χ4v) is 2.82. The summed E-state index contributed by atoms with van der Waals surface area (Å²) in [6, 6.07) is 11.0. The first kappa shape index (κ1) is 17.8. The maximum atomic E-state index is 12.4. The molecular weight excluding hydrogens is 334 g/mol. The van der Waals surface area contributed by atoms with Crippen LogP contribution < -0.4 is 25.8 Å². The average Bonchev–Trinajstić information content (AvgIpc) is 3.12. The van der Waals surface area contributed by atoms with Gasteiger partial charge in [-0.15, -0.1) is 0 Å². The van der Waals surface area contributed by atoms with Crippen LogP contribution in [0.5, 0.6) is 11.5 Å². The van der Waals surface area contributed by atoms with Gasteiger partial charge in [-0.3, -0.25) is 9.59 Å². The first-order valence-electron chi connectivity index (χ1n) is 8.25. The summed E-state index contributed by atoms with van der Waals surface area (Å²) in [7, 11) is 1.47. The second kappa shape index (κ2) is 7.88. The lowest BCUT2D eigenvalue weighted by Gasteiger charge is -2.12. The van der Waals surface area contributed by atoms with Gasteiger partial charge >= 0.3 is 0 Å². The number of rotatable bonds is 7. The molecule has 7 heteroatoms. The number of ether oxygens (including phenoxy) is 2. The predicted octanol–water partition coefficient (Wildman–Crippen LogP) is 1.09. The highest BCUT2D eigenvalue weighted by Crippen LogP contribution is 2.28. The van der Waals surface area contributed by atoms with E-state index in [0.29, 0.717) is 23.6 Å². The third-order valence-corrected chi connectivity index (χ3v) is 4.15. The predicted molar refractivity (Wildman–Crippen MR) is 95.8 cm³/mol. The van der Waals surface area contributed by atoms with Gasteiger partial charge in [0, 0.05) is 25.2 Å². The quantitative estimate of drug-likeness (QED) is 0.690. The van der Waals surface area contributed by atoms with Crippen molar-refractivity contribution in [1.82, 2.24) is 10.6 Å². The average molecular weight is 355 g/mol. The van der Waals surface area contributed by atoms with Crippen molar-refractivity contribution in [3.63, 3.8) is 0 Å². The van der Waals surface area contributed by atoms with Crippen LogP contribution in [0.4, 0.5) is 0 Å². The zero-order valence-electron chi connectivity index (χ0n) is 14.5. The Morgan fingerprint density at radius 1 is 1.12 bits per heavy atom. The number of nitrogens with two attached hydrogens (primary N) is 1. The van der Waals surface area contributed by atoms with E-state index in [1.54, 1.807) is 18.2 Å². The van der Waals surface area contributed by atoms with Crippen molar-refractivity contribution >= 4 is 11.8 Å². The smallest absolute Gasteiger partial charge is 0.255 e. The summed E-state index contributed by atoms with van der Waals surface area (Å²) in [5.41, 5.74) is 9.13. The van der Waals surface area contributed by atoms with Gasteiger partial charge in [-0.25, -0.2) is 0 Å². The van der Waals surface area contributed by atoms with Gasteiger partial charge in [0.05, 0.1) is 7.11 Å². The zero-order chi connectivity index (χ0) is 18.5. The maximum Gasteiger partial charge on any atom is 0.255 e. The van der Waals surface area contributed by atoms with Crippen LogP contribution in [-0.4, -0.2) is 25.5 Å². The second-order valence-corrected chi connectivity index (χ2v) is 6.01. The first-order valence-corrected chi connectivity index (χ1v) is 8.25. The third-order valence-electron chi connectivity index (χ3n) is 4.15. The van der Waals surface area contributed by atoms with Crippen molar-refractivity contribution in [1.29, 1.82) is 0 Å². The van der Waals surface area contributed by atoms with Crippen LogP contribution >= 0.6 is 0 Å². The molecule has 0 atom stereocenters. The van der Waals surface area contributed by atoms with E-state index < -0.39 is 5.91 Å². The summed E-state index contributed by atoms with van der Waals surface area (Å²) in [5.74, 6) is -0.0849. The Morgan fingerprint density at radius 2 is 1.92 bits per heavy atom. The Labute approximate surface area is 151 Å². The summed E-state index contributed by atoms with van der Waals surface area (Å²) in [6.45, 7) is 1.94. The number of carbonyl (C=O) groups excluding carboxylic acids is 2. The number of carbonyl (C=O) groups is 2. The summed E-state index contributed by atoms with van der Waals surface area (Å²) < 4.78 is 10.5. The fourth-order valence-electron chi connectivity index (χ4n) is 2.82. The minimum atomic E-state index is -0.585. The molecule has 2 aromatic rings. The number of primary amides is 1. The number of amides is 2. The maximum absolute atomic E-state index is 12.4. The molecule has 0 fully saturated rings. The Morgan fingerprint density at radius 3 is 2.69 bits per heavy atom. The molecule has 2 aromatic carbocycles. The molecule has 1 heterocycles. The number of hydrogen-bond donors (Lipinski definition) is 3. The van der Waals surface area contributed by atoms with E-state index in [0.717, 1.165) is 18.7 Å². The van der Waals surface area contributed by atoms with Crippen molar-refractivity contribution in [3.8, 4) is 11.5 Å². The lowest BCUT2D eigenvalue weighted by Crippen LogP contribution is -2.23. The summed E-state index contributed by atoms with van der Waals surface area (Å²) in [5, 5.41) is 6.20. The van der Waals surface area contributed by atoms with Crippen molar-refractivity contribution in [3.05, 3.63) is 58.7 Å². The number of hydrogen-bond acceptors (Lipinski definition) is 5. The van der Waals surface area contributed by atoms with E-state index in [2.05, 4.69) is 22.8 Å². The molecule has 136 valence electrons. The van der Waals surface area contributed by atoms with Crippen molar-refractivity contribution in [2.24, 2.45) is 5.73 Å². The minimum absolute atomic E-state index is 0.219. The number of methoxy groups -OCH3 is 1. The highest BCUT2D eigenvalue weighted by molar-refractivity contribution is 5.94. The molecule has 0 spiro atoms. The normalized spacial score (nSPS) is 12.3. The highest BCUT2D eigenvalue weighted by Gasteiger charge is 2.13. The molecule has 0 aromatic heterocycles. The van der Waals surface area contributed by atoms with E-state index in [-0.39, 0.29) is 12.5 Å². The Bertz CT molecular complexity index is 836. The van der Waals surface area contributed by atoms with Crippen LogP contribution in [0.15, 0.2) is 36.4 Å². The second-order valence-electron chi connectivity index (χ2n) is 6.01. The van der Waals surface area contributed by atoms with Gasteiger partial charge in [-0.2, -0.15) is 0 Å². The molecular formula is C19H21N3O4. The summed E-state index contributed by atoms with van der Waals surface area (Å²) >= 11 is 0. The Kier molecular flexibility index (Phi) is 5.38. The number of nitrogens with one attached hydrogen (secondary N) is 2.